The zero-order valence-electron chi connectivity index (χ0n) is 17.9. The highest BCUT2D eigenvalue weighted by Gasteiger charge is 2.24. The van der Waals surface area contributed by atoms with Crippen molar-refractivity contribution in [2.75, 3.05) is 20.7 Å². The Bertz CT molecular complexity index is 1120. The minimum absolute atomic E-state index is 0.0831. The monoisotopic (exact) mass is 463 g/mol. The maximum atomic E-state index is 14.2. The summed E-state index contributed by atoms with van der Waals surface area (Å²) in [6, 6.07) is 9.35. The topological polar surface area (TPSA) is 68.5 Å². The SMILES string of the molecule is CN(C)Cc1cc(Cc2c(F)cccc2F)cc(-c2ccc(OCC(F)F)cn2)c1[N+](=O)[O-]. The molecule has 33 heavy (non-hydrogen) atoms. The number of nitro benzene ring substituents is 1. The Hall–Kier alpha value is -3.53. The summed E-state index contributed by atoms with van der Waals surface area (Å²) in [7, 11) is 3.47. The average molecular weight is 463 g/mol. The quantitative estimate of drug-likeness (QED) is 0.247. The molecule has 0 aliphatic rings. The number of rotatable bonds is 9. The van der Waals surface area contributed by atoms with E-state index in [9.17, 15) is 27.7 Å². The van der Waals surface area contributed by atoms with Crippen LogP contribution in [0, 0.1) is 21.7 Å². The molecule has 0 aliphatic carbocycles. The molecule has 0 N–H and O–H groups in total. The van der Waals surface area contributed by atoms with Crippen LogP contribution in [0.15, 0.2) is 48.7 Å². The number of hydrogen-bond acceptors (Lipinski definition) is 5. The first-order chi connectivity index (χ1) is 15.7. The van der Waals surface area contributed by atoms with Crippen molar-refractivity contribution in [2.45, 2.75) is 19.4 Å². The fourth-order valence-corrected chi connectivity index (χ4v) is 3.42. The fourth-order valence-electron chi connectivity index (χ4n) is 3.42. The first kappa shape index (κ1) is 24.1. The van der Waals surface area contributed by atoms with Gasteiger partial charge in [0.25, 0.3) is 12.1 Å². The van der Waals surface area contributed by atoms with E-state index in [1.807, 2.05) is 0 Å². The molecule has 6 nitrogen and oxygen atoms in total. The molecule has 3 aromatic rings. The van der Waals surface area contributed by atoms with Crippen LogP contribution in [0.2, 0.25) is 0 Å². The Kier molecular flexibility index (Phi) is 7.59. The van der Waals surface area contributed by atoms with E-state index < -0.39 is 29.6 Å². The van der Waals surface area contributed by atoms with Crippen molar-refractivity contribution in [1.29, 1.82) is 0 Å². The predicted octanol–water partition coefficient (Wildman–Crippen LogP) is 5.23. The van der Waals surface area contributed by atoms with Gasteiger partial charge in [-0.15, -0.1) is 0 Å². The lowest BCUT2D eigenvalue weighted by Crippen LogP contribution is -2.13. The summed E-state index contributed by atoms with van der Waals surface area (Å²) in [5.41, 5.74) is 0.783. The molecular formula is C23H21F4N3O3. The van der Waals surface area contributed by atoms with Gasteiger partial charge in [-0.3, -0.25) is 15.1 Å². The van der Waals surface area contributed by atoms with Gasteiger partial charge in [0.15, 0.2) is 0 Å². The number of pyridine rings is 1. The molecule has 3 rings (SSSR count). The molecule has 2 aromatic carbocycles. The lowest BCUT2D eigenvalue weighted by atomic mass is 9.95. The summed E-state index contributed by atoms with van der Waals surface area (Å²) in [5.74, 6) is -1.36. The molecule has 0 atom stereocenters. The molecule has 174 valence electrons. The van der Waals surface area contributed by atoms with Gasteiger partial charge in [-0.2, -0.15) is 0 Å². The third kappa shape index (κ3) is 6.04. The molecule has 10 heteroatoms. The Morgan fingerprint density at radius 2 is 1.82 bits per heavy atom. The van der Waals surface area contributed by atoms with E-state index in [4.69, 9.17) is 4.74 Å². The van der Waals surface area contributed by atoms with E-state index in [2.05, 4.69) is 4.98 Å². The van der Waals surface area contributed by atoms with Crippen LogP contribution in [0.4, 0.5) is 23.2 Å². The molecule has 0 spiro atoms. The minimum Gasteiger partial charge on any atom is -0.486 e. The van der Waals surface area contributed by atoms with E-state index >= 15 is 0 Å². The van der Waals surface area contributed by atoms with E-state index in [1.54, 1.807) is 25.1 Å². The summed E-state index contributed by atoms with van der Waals surface area (Å²) in [5, 5.41) is 12.0. The standard InChI is InChI=1S/C23H21F4N3O3/c1-29(2)12-15-8-14(9-17-19(24)4-3-5-20(17)25)10-18(23(15)30(31)32)21-7-6-16(11-28-21)33-13-22(26)27/h3-8,10-11,22H,9,12-13H2,1-2H3. The number of benzene rings is 2. The van der Waals surface area contributed by atoms with Crippen molar-refractivity contribution in [3.05, 3.63) is 87.1 Å². The minimum atomic E-state index is -2.66. The van der Waals surface area contributed by atoms with E-state index in [-0.39, 0.29) is 41.2 Å². The van der Waals surface area contributed by atoms with Crippen molar-refractivity contribution in [1.82, 2.24) is 9.88 Å². The Morgan fingerprint density at radius 3 is 2.36 bits per heavy atom. The number of hydrogen-bond donors (Lipinski definition) is 0. The van der Waals surface area contributed by atoms with Gasteiger partial charge >= 0.3 is 0 Å². The smallest absolute Gasteiger partial charge is 0.283 e. The molecule has 0 amide bonds. The lowest BCUT2D eigenvalue weighted by Gasteiger charge is -2.15. The first-order valence-electron chi connectivity index (χ1n) is 9.91. The van der Waals surface area contributed by atoms with Crippen molar-refractivity contribution < 1.29 is 27.2 Å². The van der Waals surface area contributed by atoms with Gasteiger partial charge in [0, 0.05) is 24.1 Å². The number of ether oxygens (including phenoxy) is 1. The third-order valence-corrected chi connectivity index (χ3v) is 4.75. The van der Waals surface area contributed by atoms with Crippen LogP contribution in [-0.2, 0) is 13.0 Å². The first-order valence-corrected chi connectivity index (χ1v) is 9.91. The van der Waals surface area contributed by atoms with Crippen LogP contribution in [0.5, 0.6) is 5.75 Å². The number of halogens is 4. The van der Waals surface area contributed by atoms with Crippen molar-refractivity contribution in [3.63, 3.8) is 0 Å². The van der Waals surface area contributed by atoms with Crippen molar-refractivity contribution in [2.24, 2.45) is 0 Å². The highest BCUT2D eigenvalue weighted by atomic mass is 19.3. The van der Waals surface area contributed by atoms with Crippen molar-refractivity contribution in [3.8, 4) is 17.0 Å². The molecule has 0 fully saturated rings. The molecular weight excluding hydrogens is 442 g/mol. The molecule has 0 unspecified atom stereocenters. The van der Waals surface area contributed by atoms with Gasteiger partial charge in [0.2, 0.25) is 0 Å². The summed E-state index contributed by atoms with van der Waals surface area (Å²) in [4.78, 5) is 17.3. The normalized spacial score (nSPS) is 11.3. The van der Waals surface area contributed by atoms with Crippen molar-refractivity contribution >= 4 is 5.69 Å². The molecule has 1 heterocycles. The van der Waals surface area contributed by atoms with Crippen LogP contribution in [0.25, 0.3) is 11.3 Å². The van der Waals surface area contributed by atoms with Crippen LogP contribution < -0.4 is 4.74 Å². The third-order valence-electron chi connectivity index (χ3n) is 4.75. The van der Waals surface area contributed by atoms with Crippen LogP contribution >= 0.6 is 0 Å². The fraction of sp³-hybridized carbons (Fsp3) is 0.261. The second kappa shape index (κ2) is 10.4. The molecule has 0 aliphatic heterocycles. The zero-order valence-corrected chi connectivity index (χ0v) is 17.9. The summed E-state index contributed by atoms with van der Waals surface area (Å²) in [6.07, 6.45) is -1.59. The molecule has 0 saturated carbocycles. The van der Waals surface area contributed by atoms with E-state index in [0.29, 0.717) is 11.1 Å². The van der Waals surface area contributed by atoms with Crippen LogP contribution in [0.1, 0.15) is 16.7 Å². The van der Waals surface area contributed by atoms with Gasteiger partial charge in [0.05, 0.1) is 22.4 Å². The summed E-state index contributed by atoms with van der Waals surface area (Å²) in [6.45, 7) is -0.607. The number of alkyl halides is 2. The second-order valence-corrected chi connectivity index (χ2v) is 7.60. The summed E-state index contributed by atoms with van der Waals surface area (Å²) < 4.78 is 58.1. The maximum Gasteiger partial charge on any atom is 0.283 e. The molecule has 0 bridgehead atoms. The number of nitro groups is 1. The van der Waals surface area contributed by atoms with E-state index in [0.717, 1.165) is 12.1 Å². The highest BCUT2D eigenvalue weighted by Crippen LogP contribution is 2.35. The number of nitrogens with zero attached hydrogens (tertiary/aromatic N) is 3. The second-order valence-electron chi connectivity index (χ2n) is 7.60. The molecule has 0 radical (unpaired) electrons. The maximum absolute atomic E-state index is 14.2. The zero-order chi connectivity index (χ0) is 24.1. The van der Waals surface area contributed by atoms with Gasteiger partial charge in [-0.05, 0) is 56.1 Å². The Balaban J connectivity index is 2.10. The van der Waals surface area contributed by atoms with E-state index in [1.165, 1.54) is 30.5 Å². The highest BCUT2D eigenvalue weighted by molar-refractivity contribution is 5.74. The van der Waals surface area contributed by atoms with Crippen LogP contribution in [-0.4, -0.2) is 41.9 Å². The number of aromatic nitrogens is 1. The molecule has 0 saturated heterocycles. The van der Waals surface area contributed by atoms with Gasteiger partial charge in [-0.25, -0.2) is 17.6 Å². The van der Waals surface area contributed by atoms with Gasteiger partial charge in [-0.1, -0.05) is 6.07 Å². The average Bonchev–Trinajstić information content (AvgIpc) is 2.74. The Morgan fingerprint density at radius 1 is 1.12 bits per heavy atom. The largest absolute Gasteiger partial charge is 0.486 e. The van der Waals surface area contributed by atoms with Gasteiger partial charge in [0.1, 0.15) is 24.0 Å². The predicted molar refractivity (Wildman–Crippen MR) is 114 cm³/mol. The summed E-state index contributed by atoms with van der Waals surface area (Å²) >= 11 is 0. The Labute approximate surface area is 187 Å². The molecule has 1 aromatic heterocycles. The lowest BCUT2D eigenvalue weighted by molar-refractivity contribution is -0.385. The van der Waals surface area contributed by atoms with Gasteiger partial charge < -0.3 is 9.64 Å². The van der Waals surface area contributed by atoms with Crippen LogP contribution in [0.3, 0.4) is 0 Å².